The molecule has 248 valence electrons. The standard InChI is InChI=1S/C40H44N4O4/c1-4-47-39(48-5-2)29(3)44(28-31-18-15-17-30-19-16-26-42-37(30)31)38(46)35(41)27-36(45)43-40(32-20-9-6-10-21-32,33-22-11-7-12-23-33)34-24-13-8-14-25-34/h6-26,29,35,39H,4-5,27-28,41H2,1-3H3,(H,43,45)/t29-,35-/m0/s1. The summed E-state index contributed by atoms with van der Waals surface area (Å²) in [5.74, 6) is -0.752. The fraction of sp³-hybridized carbons (Fsp3) is 0.275. The number of aromatic nitrogens is 1. The van der Waals surface area contributed by atoms with Gasteiger partial charge in [-0.25, -0.2) is 0 Å². The summed E-state index contributed by atoms with van der Waals surface area (Å²) >= 11 is 0. The Morgan fingerprint density at radius 2 is 1.29 bits per heavy atom. The summed E-state index contributed by atoms with van der Waals surface area (Å²) in [7, 11) is 0. The van der Waals surface area contributed by atoms with Gasteiger partial charge in [0.05, 0.1) is 24.0 Å². The monoisotopic (exact) mass is 644 g/mol. The summed E-state index contributed by atoms with van der Waals surface area (Å²) in [6.45, 7) is 6.67. The van der Waals surface area contributed by atoms with Crippen molar-refractivity contribution in [2.75, 3.05) is 13.2 Å². The van der Waals surface area contributed by atoms with Gasteiger partial charge in [0.1, 0.15) is 5.54 Å². The van der Waals surface area contributed by atoms with Crippen molar-refractivity contribution in [2.45, 2.75) is 57.6 Å². The highest BCUT2D eigenvalue weighted by atomic mass is 16.7. The van der Waals surface area contributed by atoms with E-state index in [1.165, 1.54) is 0 Å². The van der Waals surface area contributed by atoms with E-state index in [1.807, 2.05) is 142 Å². The molecule has 2 amide bonds. The van der Waals surface area contributed by atoms with Gasteiger partial charge in [0.2, 0.25) is 11.8 Å². The molecule has 1 heterocycles. The van der Waals surface area contributed by atoms with Crippen molar-refractivity contribution in [3.05, 3.63) is 150 Å². The second-order valence-corrected chi connectivity index (χ2v) is 11.7. The molecule has 1 aromatic heterocycles. The highest BCUT2D eigenvalue weighted by molar-refractivity contribution is 5.90. The van der Waals surface area contributed by atoms with Gasteiger partial charge in [-0.3, -0.25) is 14.6 Å². The lowest BCUT2D eigenvalue weighted by Gasteiger charge is -2.38. The minimum Gasteiger partial charge on any atom is -0.351 e. The summed E-state index contributed by atoms with van der Waals surface area (Å²) in [6.07, 6.45) is 0.812. The van der Waals surface area contributed by atoms with Crippen LogP contribution in [-0.2, 0) is 31.1 Å². The Morgan fingerprint density at radius 1 is 0.771 bits per heavy atom. The number of pyridine rings is 1. The molecule has 8 heteroatoms. The Kier molecular flexibility index (Phi) is 11.7. The Labute approximate surface area is 282 Å². The molecule has 0 bridgehead atoms. The lowest BCUT2D eigenvalue weighted by molar-refractivity contribution is -0.179. The molecule has 3 N–H and O–H groups in total. The lowest BCUT2D eigenvalue weighted by Crippen LogP contribution is -2.54. The number of benzene rings is 4. The van der Waals surface area contributed by atoms with Crippen molar-refractivity contribution >= 4 is 22.7 Å². The molecule has 0 unspecified atom stereocenters. The maximum absolute atomic E-state index is 14.3. The van der Waals surface area contributed by atoms with E-state index < -0.39 is 23.9 Å². The molecule has 0 aliphatic rings. The van der Waals surface area contributed by atoms with Gasteiger partial charge in [-0.1, -0.05) is 115 Å². The van der Waals surface area contributed by atoms with Crippen LogP contribution in [0.2, 0.25) is 0 Å². The van der Waals surface area contributed by atoms with E-state index in [0.29, 0.717) is 13.2 Å². The van der Waals surface area contributed by atoms with Gasteiger partial charge in [0.15, 0.2) is 6.29 Å². The molecule has 5 rings (SSSR count). The number of para-hydroxylation sites is 1. The van der Waals surface area contributed by atoms with Crippen molar-refractivity contribution in [1.29, 1.82) is 0 Å². The minimum absolute atomic E-state index is 0.211. The van der Waals surface area contributed by atoms with Gasteiger partial charge in [-0.05, 0) is 49.1 Å². The summed E-state index contributed by atoms with van der Waals surface area (Å²) in [5.41, 5.74) is 9.92. The maximum Gasteiger partial charge on any atom is 0.240 e. The number of nitrogens with one attached hydrogen (secondary N) is 1. The first-order valence-corrected chi connectivity index (χ1v) is 16.5. The Bertz CT molecular complexity index is 1660. The average Bonchev–Trinajstić information content (AvgIpc) is 3.13. The highest BCUT2D eigenvalue weighted by Crippen LogP contribution is 2.37. The van der Waals surface area contributed by atoms with Gasteiger partial charge >= 0.3 is 0 Å². The first-order chi connectivity index (χ1) is 23.4. The molecule has 2 atom stereocenters. The topological polar surface area (TPSA) is 107 Å². The van der Waals surface area contributed by atoms with Crippen LogP contribution in [0, 0.1) is 0 Å². The lowest BCUT2D eigenvalue weighted by atomic mass is 9.77. The fourth-order valence-electron chi connectivity index (χ4n) is 6.24. The second-order valence-electron chi connectivity index (χ2n) is 11.7. The Hall–Kier alpha value is -4.89. The van der Waals surface area contributed by atoms with Crippen molar-refractivity contribution in [1.82, 2.24) is 15.2 Å². The number of hydrogen-bond donors (Lipinski definition) is 2. The summed E-state index contributed by atoms with van der Waals surface area (Å²) in [5, 5.41) is 4.28. The maximum atomic E-state index is 14.3. The van der Waals surface area contributed by atoms with Gasteiger partial charge in [0.25, 0.3) is 0 Å². The smallest absolute Gasteiger partial charge is 0.240 e. The van der Waals surface area contributed by atoms with Crippen LogP contribution in [0.4, 0.5) is 0 Å². The van der Waals surface area contributed by atoms with Crippen LogP contribution in [-0.4, -0.2) is 53.3 Å². The molecule has 0 saturated carbocycles. The first kappa shape index (κ1) is 34.4. The number of fused-ring (bicyclic) bond motifs is 1. The quantitative estimate of drug-likeness (QED) is 0.104. The van der Waals surface area contributed by atoms with Crippen LogP contribution in [0.5, 0.6) is 0 Å². The van der Waals surface area contributed by atoms with E-state index in [4.69, 9.17) is 15.2 Å². The zero-order valence-corrected chi connectivity index (χ0v) is 27.8. The summed E-state index contributed by atoms with van der Waals surface area (Å²) in [6, 6.07) is 37.6. The third-order valence-corrected chi connectivity index (χ3v) is 8.56. The number of carbonyl (C=O) groups is 2. The molecule has 0 radical (unpaired) electrons. The van der Waals surface area contributed by atoms with E-state index in [1.54, 1.807) is 11.1 Å². The van der Waals surface area contributed by atoms with E-state index in [9.17, 15) is 9.59 Å². The van der Waals surface area contributed by atoms with Crippen LogP contribution < -0.4 is 11.1 Å². The number of nitrogens with zero attached hydrogens (tertiary/aromatic N) is 2. The molecular weight excluding hydrogens is 600 g/mol. The third kappa shape index (κ3) is 7.63. The van der Waals surface area contributed by atoms with Crippen molar-refractivity contribution in [2.24, 2.45) is 5.73 Å². The number of carbonyl (C=O) groups excluding carboxylic acids is 2. The largest absolute Gasteiger partial charge is 0.351 e. The predicted molar refractivity (Wildman–Crippen MR) is 189 cm³/mol. The molecule has 5 aromatic rings. The predicted octanol–water partition coefficient (Wildman–Crippen LogP) is 6.18. The van der Waals surface area contributed by atoms with Crippen LogP contribution in [0.25, 0.3) is 10.9 Å². The molecule has 0 aliphatic carbocycles. The van der Waals surface area contributed by atoms with E-state index in [2.05, 4.69) is 10.3 Å². The highest BCUT2D eigenvalue weighted by Gasteiger charge is 2.39. The van der Waals surface area contributed by atoms with E-state index in [-0.39, 0.29) is 24.8 Å². The van der Waals surface area contributed by atoms with Gasteiger partial charge in [0, 0.05) is 31.3 Å². The van der Waals surface area contributed by atoms with Gasteiger partial charge in [-0.15, -0.1) is 0 Å². The normalized spacial score (nSPS) is 12.9. The molecule has 4 aromatic carbocycles. The van der Waals surface area contributed by atoms with E-state index >= 15 is 0 Å². The fourth-order valence-corrected chi connectivity index (χ4v) is 6.24. The number of nitrogens with two attached hydrogens (primary N) is 1. The summed E-state index contributed by atoms with van der Waals surface area (Å²) < 4.78 is 11.8. The molecule has 0 spiro atoms. The van der Waals surface area contributed by atoms with Crippen LogP contribution >= 0.6 is 0 Å². The summed E-state index contributed by atoms with van der Waals surface area (Å²) in [4.78, 5) is 34.7. The van der Waals surface area contributed by atoms with Crippen molar-refractivity contribution in [3.8, 4) is 0 Å². The SMILES string of the molecule is CCOC(OCC)[C@H](C)N(Cc1cccc2cccnc12)C(=O)[C@@H](N)CC(=O)NC(c1ccccc1)(c1ccccc1)c1ccccc1. The number of hydrogen-bond acceptors (Lipinski definition) is 6. The Balaban J connectivity index is 1.48. The van der Waals surface area contributed by atoms with Gasteiger partial charge in [-0.2, -0.15) is 0 Å². The molecule has 0 aliphatic heterocycles. The van der Waals surface area contributed by atoms with Crippen molar-refractivity contribution in [3.63, 3.8) is 0 Å². The van der Waals surface area contributed by atoms with Crippen LogP contribution in [0.3, 0.4) is 0 Å². The van der Waals surface area contributed by atoms with Gasteiger partial charge < -0.3 is 25.4 Å². The number of amides is 2. The Morgan fingerprint density at radius 3 is 1.81 bits per heavy atom. The third-order valence-electron chi connectivity index (χ3n) is 8.56. The molecular formula is C40H44N4O4. The van der Waals surface area contributed by atoms with Crippen molar-refractivity contribution < 1.29 is 19.1 Å². The second kappa shape index (κ2) is 16.3. The molecule has 48 heavy (non-hydrogen) atoms. The zero-order valence-electron chi connectivity index (χ0n) is 27.8. The minimum atomic E-state index is -1.14. The number of ether oxygens (including phenoxy) is 2. The number of rotatable bonds is 15. The molecule has 0 saturated heterocycles. The van der Waals surface area contributed by atoms with Crippen LogP contribution in [0.15, 0.2) is 128 Å². The zero-order chi connectivity index (χ0) is 33.9. The molecule has 0 fully saturated rings. The average molecular weight is 645 g/mol. The van der Waals surface area contributed by atoms with Crippen LogP contribution in [0.1, 0.15) is 49.4 Å². The van der Waals surface area contributed by atoms with E-state index in [0.717, 1.165) is 33.2 Å². The first-order valence-electron chi connectivity index (χ1n) is 16.5. The molecule has 8 nitrogen and oxygen atoms in total.